The van der Waals surface area contributed by atoms with Crippen molar-refractivity contribution in [2.45, 2.75) is 51.9 Å². The average Bonchev–Trinajstić information content (AvgIpc) is 3.10. The van der Waals surface area contributed by atoms with E-state index in [-0.39, 0.29) is 17.7 Å². The Labute approximate surface area is 167 Å². The highest BCUT2D eigenvalue weighted by Crippen LogP contribution is 2.23. The zero-order chi connectivity index (χ0) is 19.9. The minimum Gasteiger partial charge on any atom is -0.343 e. The van der Waals surface area contributed by atoms with E-state index in [2.05, 4.69) is 5.32 Å². The maximum absolute atomic E-state index is 12.4. The van der Waals surface area contributed by atoms with Crippen LogP contribution in [0.15, 0.2) is 24.3 Å². The molecule has 0 bridgehead atoms. The molecule has 0 atom stereocenters. The second-order valence-corrected chi connectivity index (χ2v) is 8.01. The summed E-state index contributed by atoms with van der Waals surface area (Å²) in [6.07, 6.45) is 5.24. The number of rotatable bonds is 7. The maximum atomic E-state index is 12.4. The van der Waals surface area contributed by atoms with Gasteiger partial charge in [0.1, 0.15) is 0 Å². The third kappa shape index (κ3) is 5.81. The Morgan fingerprint density at radius 3 is 2.61 bits per heavy atom. The first-order chi connectivity index (χ1) is 13.5. The van der Waals surface area contributed by atoms with Gasteiger partial charge in [0, 0.05) is 51.1 Å². The Morgan fingerprint density at radius 1 is 1.14 bits per heavy atom. The standard InChI is InChI=1S/C22H31N3O3/c1-17-4-2-5-19(16-17)23-20(26)8-7-18-9-13-25(14-10-18)22(28)11-15-24-12-3-6-21(24)27/h2,4-5,16,18H,3,6-15H2,1H3,(H,23,26). The molecule has 2 aliphatic heterocycles. The molecule has 1 aromatic carbocycles. The van der Waals surface area contributed by atoms with Gasteiger partial charge in [-0.25, -0.2) is 0 Å². The molecular weight excluding hydrogens is 354 g/mol. The maximum Gasteiger partial charge on any atom is 0.224 e. The molecule has 0 unspecified atom stereocenters. The van der Waals surface area contributed by atoms with Crippen LogP contribution in [0, 0.1) is 12.8 Å². The zero-order valence-corrected chi connectivity index (χ0v) is 16.8. The van der Waals surface area contributed by atoms with Gasteiger partial charge < -0.3 is 15.1 Å². The molecule has 2 fully saturated rings. The van der Waals surface area contributed by atoms with E-state index < -0.39 is 0 Å². The molecule has 1 aromatic rings. The third-order valence-corrected chi connectivity index (χ3v) is 5.82. The highest BCUT2D eigenvalue weighted by molar-refractivity contribution is 5.90. The smallest absolute Gasteiger partial charge is 0.224 e. The van der Waals surface area contributed by atoms with Crippen LogP contribution < -0.4 is 5.32 Å². The minimum atomic E-state index is 0.0550. The lowest BCUT2D eigenvalue weighted by Crippen LogP contribution is -2.40. The number of carbonyl (C=O) groups excluding carboxylic acids is 3. The van der Waals surface area contributed by atoms with Gasteiger partial charge >= 0.3 is 0 Å². The largest absolute Gasteiger partial charge is 0.343 e. The Balaban J connectivity index is 1.33. The molecule has 0 aliphatic carbocycles. The Hall–Kier alpha value is -2.37. The number of benzene rings is 1. The molecule has 2 heterocycles. The highest BCUT2D eigenvalue weighted by atomic mass is 16.2. The predicted molar refractivity (Wildman–Crippen MR) is 109 cm³/mol. The van der Waals surface area contributed by atoms with Crippen molar-refractivity contribution in [3.05, 3.63) is 29.8 Å². The van der Waals surface area contributed by atoms with Crippen LogP contribution in [0.2, 0.25) is 0 Å². The monoisotopic (exact) mass is 385 g/mol. The van der Waals surface area contributed by atoms with Crippen LogP contribution >= 0.6 is 0 Å². The zero-order valence-electron chi connectivity index (χ0n) is 16.8. The fraction of sp³-hybridized carbons (Fsp3) is 0.591. The summed E-state index contributed by atoms with van der Waals surface area (Å²) in [6.45, 7) is 4.87. The van der Waals surface area contributed by atoms with Gasteiger partial charge in [0.25, 0.3) is 0 Å². The molecular formula is C22H31N3O3. The van der Waals surface area contributed by atoms with Gasteiger partial charge in [-0.15, -0.1) is 0 Å². The second kappa shape index (κ2) is 9.71. The summed E-state index contributed by atoms with van der Waals surface area (Å²) in [4.78, 5) is 39.9. The Kier molecular flexibility index (Phi) is 7.06. The van der Waals surface area contributed by atoms with E-state index in [1.807, 2.05) is 36.1 Å². The van der Waals surface area contributed by atoms with Crippen molar-refractivity contribution >= 4 is 23.4 Å². The molecule has 6 nitrogen and oxygen atoms in total. The van der Waals surface area contributed by atoms with Crippen molar-refractivity contribution in [3.63, 3.8) is 0 Å². The van der Waals surface area contributed by atoms with Crippen LogP contribution in [0.3, 0.4) is 0 Å². The van der Waals surface area contributed by atoms with Crippen molar-refractivity contribution in [1.82, 2.24) is 9.80 Å². The number of aryl methyl sites for hydroxylation is 1. The first-order valence-electron chi connectivity index (χ1n) is 10.4. The van der Waals surface area contributed by atoms with Crippen molar-refractivity contribution in [2.75, 3.05) is 31.5 Å². The summed E-state index contributed by atoms with van der Waals surface area (Å²) in [5, 5.41) is 2.96. The van der Waals surface area contributed by atoms with Crippen molar-refractivity contribution < 1.29 is 14.4 Å². The molecule has 0 saturated carbocycles. The minimum absolute atomic E-state index is 0.0550. The topological polar surface area (TPSA) is 69.7 Å². The van der Waals surface area contributed by atoms with E-state index >= 15 is 0 Å². The SMILES string of the molecule is Cc1cccc(NC(=O)CCC2CCN(C(=O)CCN3CCCC3=O)CC2)c1. The van der Waals surface area contributed by atoms with Crippen LogP contribution in [-0.2, 0) is 14.4 Å². The Bertz CT molecular complexity index is 711. The summed E-state index contributed by atoms with van der Waals surface area (Å²) >= 11 is 0. The molecule has 1 N–H and O–H groups in total. The van der Waals surface area contributed by atoms with E-state index in [4.69, 9.17) is 0 Å². The molecule has 2 aliphatic rings. The number of likely N-dealkylation sites (tertiary alicyclic amines) is 2. The van der Waals surface area contributed by atoms with Gasteiger partial charge in [0.2, 0.25) is 17.7 Å². The third-order valence-electron chi connectivity index (χ3n) is 5.82. The number of hydrogen-bond acceptors (Lipinski definition) is 3. The molecule has 152 valence electrons. The lowest BCUT2D eigenvalue weighted by molar-refractivity contribution is -0.134. The molecule has 3 rings (SSSR count). The van der Waals surface area contributed by atoms with E-state index in [0.29, 0.717) is 31.7 Å². The first kappa shape index (κ1) is 20.4. The van der Waals surface area contributed by atoms with Crippen LogP contribution in [0.1, 0.15) is 50.5 Å². The van der Waals surface area contributed by atoms with E-state index in [1.54, 1.807) is 4.90 Å². The first-order valence-corrected chi connectivity index (χ1v) is 10.4. The fourth-order valence-corrected chi connectivity index (χ4v) is 4.08. The molecule has 2 saturated heterocycles. The number of nitrogens with one attached hydrogen (secondary N) is 1. The lowest BCUT2D eigenvalue weighted by Gasteiger charge is -2.32. The predicted octanol–water partition coefficient (Wildman–Crippen LogP) is 2.96. The van der Waals surface area contributed by atoms with Crippen LogP contribution in [-0.4, -0.2) is 53.7 Å². The quantitative estimate of drug-likeness (QED) is 0.784. The van der Waals surface area contributed by atoms with Gasteiger partial charge in [-0.3, -0.25) is 14.4 Å². The van der Waals surface area contributed by atoms with Crippen LogP contribution in [0.5, 0.6) is 0 Å². The number of hydrogen-bond donors (Lipinski definition) is 1. The van der Waals surface area contributed by atoms with Crippen molar-refractivity contribution in [2.24, 2.45) is 5.92 Å². The lowest BCUT2D eigenvalue weighted by atomic mass is 9.92. The van der Waals surface area contributed by atoms with Crippen LogP contribution in [0.4, 0.5) is 5.69 Å². The summed E-state index contributed by atoms with van der Waals surface area (Å²) in [7, 11) is 0. The second-order valence-electron chi connectivity index (χ2n) is 8.01. The normalized spacial score (nSPS) is 17.8. The van der Waals surface area contributed by atoms with E-state index in [9.17, 15) is 14.4 Å². The molecule has 0 spiro atoms. The summed E-state index contributed by atoms with van der Waals surface area (Å²) in [5.41, 5.74) is 1.98. The summed E-state index contributed by atoms with van der Waals surface area (Å²) in [5.74, 6) is 0.873. The molecule has 0 radical (unpaired) electrons. The number of anilines is 1. The van der Waals surface area contributed by atoms with Crippen molar-refractivity contribution in [1.29, 1.82) is 0 Å². The molecule has 3 amide bonds. The van der Waals surface area contributed by atoms with Gasteiger partial charge in [0.15, 0.2) is 0 Å². The average molecular weight is 386 g/mol. The number of piperidine rings is 1. The number of carbonyl (C=O) groups is 3. The number of amides is 3. The van der Waals surface area contributed by atoms with E-state index in [0.717, 1.165) is 56.6 Å². The van der Waals surface area contributed by atoms with Crippen molar-refractivity contribution in [3.8, 4) is 0 Å². The molecule has 6 heteroatoms. The molecule has 0 aromatic heterocycles. The van der Waals surface area contributed by atoms with Gasteiger partial charge in [-0.2, -0.15) is 0 Å². The van der Waals surface area contributed by atoms with Gasteiger partial charge in [0.05, 0.1) is 0 Å². The van der Waals surface area contributed by atoms with Gasteiger partial charge in [-0.1, -0.05) is 12.1 Å². The summed E-state index contributed by atoms with van der Waals surface area (Å²) < 4.78 is 0. The molecule has 28 heavy (non-hydrogen) atoms. The summed E-state index contributed by atoms with van der Waals surface area (Å²) in [6, 6.07) is 7.83. The van der Waals surface area contributed by atoms with E-state index in [1.165, 1.54) is 0 Å². The fourth-order valence-electron chi connectivity index (χ4n) is 4.08. The highest BCUT2D eigenvalue weighted by Gasteiger charge is 2.25. The van der Waals surface area contributed by atoms with Crippen LogP contribution in [0.25, 0.3) is 0 Å². The van der Waals surface area contributed by atoms with Gasteiger partial charge in [-0.05, 0) is 56.2 Å². The number of nitrogens with zero attached hydrogens (tertiary/aromatic N) is 2. The Morgan fingerprint density at radius 2 is 1.93 bits per heavy atom.